The number of primary amides is 1. The predicted molar refractivity (Wildman–Crippen MR) is 122 cm³/mol. The van der Waals surface area contributed by atoms with Gasteiger partial charge in [0, 0.05) is 10.9 Å². The Bertz CT molecular complexity index is 1550. The summed E-state index contributed by atoms with van der Waals surface area (Å²) >= 11 is 0. The first-order chi connectivity index (χ1) is 17.7. The number of hydrogen-bond donors (Lipinski definition) is 2. The van der Waals surface area contributed by atoms with Gasteiger partial charge in [0.2, 0.25) is 5.91 Å². The molecule has 2 heterocycles. The van der Waals surface area contributed by atoms with Crippen molar-refractivity contribution in [1.82, 2.24) is 14.8 Å². The van der Waals surface area contributed by atoms with Gasteiger partial charge in [-0.05, 0) is 25.1 Å². The zero-order chi connectivity index (χ0) is 27.8. The maximum Gasteiger partial charge on any atom is 0.573 e. The zero-order valence-electron chi connectivity index (χ0n) is 19.3. The molecule has 0 saturated heterocycles. The number of aromatic nitrogens is 3. The summed E-state index contributed by atoms with van der Waals surface area (Å²) in [5.74, 6) is -2.59. The average molecular weight is 537 g/mol. The summed E-state index contributed by atoms with van der Waals surface area (Å²) in [7, 11) is 0. The molecule has 2 amide bonds. The van der Waals surface area contributed by atoms with Crippen molar-refractivity contribution in [3.05, 3.63) is 82.8 Å². The van der Waals surface area contributed by atoms with E-state index in [-0.39, 0.29) is 28.0 Å². The highest BCUT2D eigenvalue weighted by molar-refractivity contribution is 6.10. The molecule has 38 heavy (non-hydrogen) atoms. The Morgan fingerprint density at radius 3 is 2.34 bits per heavy atom. The van der Waals surface area contributed by atoms with Crippen LogP contribution in [0.1, 0.15) is 37.8 Å². The predicted octanol–water partition coefficient (Wildman–Crippen LogP) is 5.06. The van der Waals surface area contributed by atoms with Crippen LogP contribution in [0.25, 0.3) is 10.9 Å². The number of ether oxygens (including phenoxy) is 1. The molecular weight excluding hydrogens is 520 g/mol. The monoisotopic (exact) mass is 537 g/mol. The molecule has 198 valence electrons. The highest BCUT2D eigenvalue weighted by Crippen LogP contribution is 2.37. The molecule has 2 aromatic carbocycles. The van der Waals surface area contributed by atoms with E-state index < -0.39 is 48.0 Å². The lowest BCUT2D eigenvalue weighted by Gasteiger charge is -2.14. The van der Waals surface area contributed by atoms with E-state index in [1.54, 1.807) is 18.2 Å². The first-order valence-corrected chi connectivity index (χ1v) is 10.7. The Morgan fingerprint density at radius 1 is 1.03 bits per heavy atom. The normalized spacial score (nSPS) is 12.0. The van der Waals surface area contributed by atoms with Gasteiger partial charge in [0.1, 0.15) is 11.4 Å². The molecule has 0 aliphatic heterocycles. The van der Waals surface area contributed by atoms with Gasteiger partial charge < -0.3 is 15.8 Å². The summed E-state index contributed by atoms with van der Waals surface area (Å²) in [4.78, 5) is 29.0. The number of halogens is 6. The van der Waals surface area contributed by atoms with Crippen LogP contribution in [0.15, 0.2) is 54.6 Å². The number of hydrogen-bond acceptors (Lipinski definition) is 5. The Kier molecular flexibility index (Phi) is 6.74. The Balaban J connectivity index is 1.73. The number of alkyl halides is 6. The van der Waals surface area contributed by atoms with E-state index in [1.807, 2.05) is 0 Å². The van der Waals surface area contributed by atoms with E-state index in [0.717, 1.165) is 16.8 Å². The Hall–Kier alpha value is -4.62. The fraction of sp³-hybridized carbons (Fsp3) is 0.167. The van der Waals surface area contributed by atoms with E-state index in [0.29, 0.717) is 5.39 Å². The molecule has 0 aliphatic carbocycles. The average Bonchev–Trinajstić information content (AvgIpc) is 3.14. The Labute approximate surface area is 210 Å². The number of pyridine rings is 1. The van der Waals surface area contributed by atoms with Crippen molar-refractivity contribution >= 4 is 28.4 Å². The second-order valence-corrected chi connectivity index (χ2v) is 8.01. The molecule has 0 aliphatic rings. The highest BCUT2D eigenvalue weighted by Gasteiger charge is 2.40. The molecule has 0 atom stereocenters. The first-order valence-electron chi connectivity index (χ1n) is 10.7. The minimum absolute atomic E-state index is 0.0644. The van der Waals surface area contributed by atoms with E-state index in [1.165, 1.54) is 31.2 Å². The third kappa shape index (κ3) is 5.53. The fourth-order valence-electron chi connectivity index (χ4n) is 3.74. The maximum absolute atomic E-state index is 13.8. The number of carbonyl (C=O) groups is 2. The van der Waals surface area contributed by atoms with Gasteiger partial charge in [0.05, 0.1) is 29.0 Å². The highest BCUT2D eigenvalue weighted by atomic mass is 19.4. The fourth-order valence-corrected chi connectivity index (χ4v) is 3.74. The number of nitrogens with one attached hydrogen (secondary N) is 1. The summed E-state index contributed by atoms with van der Waals surface area (Å²) in [6.07, 6.45) is -10.1. The van der Waals surface area contributed by atoms with Crippen molar-refractivity contribution in [2.45, 2.75) is 26.0 Å². The van der Waals surface area contributed by atoms with Crippen LogP contribution in [-0.4, -0.2) is 32.9 Å². The lowest BCUT2D eigenvalue weighted by Crippen LogP contribution is -2.19. The van der Waals surface area contributed by atoms with Gasteiger partial charge >= 0.3 is 12.5 Å². The number of benzene rings is 2. The lowest BCUT2D eigenvalue weighted by atomic mass is 10.1. The minimum Gasteiger partial charge on any atom is -0.405 e. The zero-order valence-corrected chi connectivity index (χ0v) is 19.3. The molecule has 0 unspecified atom stereocenters. The molecule has 4 aromatic rings. The van der Waals surface area contributed by atoms with Crippen LogP contribution < -0.4 is 15.8 Å². The molecular formula is C24H17F6N5O3. The summed E-state index contributed by atoms with van der Waals surface area (Å²) in [5, 5.41) is 5.97. The van der Waals surface area contributed by atoms with Crippen LogP contribution in [0, 0.1) is 6.92 Å². The van der Waals surface area contributed by atoms with E-state index in [2.05, 4.69) is 20.1 Å². The second-order valence-electron chi connectivity index (χ2n) is 8.01. The molecule has 2 aromatic heterocycles. The van der Waals surface area contributed by atoms with Crippen LogP contribution >= 0.6 is 0 Å². The van der Waals surface area contributed by atoms with Gasteiger partial charge in [-0.15, -0.1) is 13.2 Å². The molecule has 0 fully saturated rings. The van der Waals surface area contributed by atoms with Gasteiger partial charge in [0.25, 0.3) is 5.91 Å². The van der Waals surface area contributed by atoms with Crippen molar-refractivity contribution in [3.63, 3.8) is 0 Å². The molecule has 0 bridgehead atoms. The number of carbonyl (C=O) groups excluding carboxylic acids is 2. The van der Waals surface area contributed by atoms with E-state index >= 15 is 0 Å². The van der Waals surface area contributed by atoms with Crippen molar-refractivity contribution in [2.75, 3.05) is 5.32 Å². The van der Waals surface area contributed by atoms with E-state index in [4.69, 9.17) is 5.73 Å². The summed E-state index contributed by atoms with van der Waals surface area (Å²) < 4.78 is 84.6. The molecule has 4 rings (SSSR count). The lowest BCUT2D eigenvalue weighted by molar-refractivity contribution is -0.274. The third-order valence-corrected chi connectivity index (χ3v) is 5.45. The van der Waals surface area contributed by atoms with Crippen molar-refractivity contribution in [3.8, 4) is 5.75 Å². The molecule has 14 heteroatoms. The molecule has 0 spiro atoms. The van der Waals surface area contributed by atoms with E-state index in [9.17, 15) is 35.9 Å². The van der Waals surface area contributed by atoms with Gasteiger partial charge in [-0.25, -0.2) is 4.98 Å². The summed E-state index contributed by atoms with van der Waals surface area (Å²) in [5.41, 5.74) is 2.63. The van der Waals surface area contributed by atoms with Crippen LogP contribution in [-0.2, 0) is 12.7 Å². The SMILES string of the molecule is Cc1c(NC(=O)c2cc(C(N)=O)c3ccccc3n2)c(C(F)(F)F)nn1Cc1ccccc1OC(F)(F)F. The minimum atomic E-state index is -5.03. The maximum atomic E-state index is 13.8. The topological polar surface area (TPSA) is 112 Å². The number of nitrogens with two attached hydrogens (primary N) is 1. The van der Waals surface area contributed by atoms with Crippen molar-refractivity contribution in [1.29, 1.82) is 0 Å². The summed E-state index contributed by atoms with van der Waals surface area (Å²) in [6, 6.07) is 12.2. The number of anilines is 1. The largest absolute Gasteiger partial charge is 0.573 e. The molecule has 3 N–H and O–H groups in total. The second kappa shape index (κ2) is 9.68. The number of nitrogens with zero attached hydrogens (tertiary/aromatic N) is 3. The number of rotatable bonds is 6. The quantitative estimate of drug-likeness (QED) is 0.334. The molecule has 8 nitrogen and oxygen atoms in total. The van der Waals surface area contributed by atoms with Gasteiger partial charge in [-0.1, -0.05) is 36.4 Å². The van der Waals surface area contributed by atoms with Gasteiger partial charge in [0.15, 0.2) is 5.69 Å². The van der Waals surface area contributed by atoms with Crippen molar-refractivity contribution in [2.24, 2.45) is 5.73 Å². The Morgan fingerprint density at radius 2 is 1.68 bits per heavy atom. The number of fused-ring (bicyclic) bond motifs is 1. The van der Waals surface area contributed by atoms with Gasteiger partial charge in [-0.2, -0.15) is 18.3 Å². The van der Waals surface area contributed by atoms with Crippen LogP contribution in [0.5, 0.6) is 5.75 Å². The standard InChI is InChI=1S/C24H17F6N5O3/c1-12-19(33-22(37)17-10-15(21(31)36)14-7-3-4-8-16(14)32-17)20(23(25,26)27)34-35(12)11-13-6-2-5-9-18(13)38-24(28,29)30/h2-10H,11H2,1H3,(H2,31,36)(H,33,37). The number of amides is 2. The smallest absolute Gasteiger partial charge is 0.405 e. The summed E-state index contributed by atoms with van der Waals surface area (Å²) in [6.45, 7) is 0.671. The van der Waals surface area contributed by atoms with Crippen molar-refractivity contribution < 1.29 is 40.7 Å². The first kappa shape index (κ1) is 26.4. The van der Waals surface area contributed by atoms with Crippen LogP contribution in [0.4, 0.5) is 32.0 Å². The van der Waals surface area contributed by atoms with Crippen LogP contribution in [0.2, 0.25) is 0 Å². The van der Waals surface area contributed by atoms with Gasteiger partial charge in [-0.3, -0.25) is 14.3 Å². The third-order valence-electron chi connectivity index (χ3n) is 5.45. The van der Waals surface area contributed by atoms with Crippen LogP contribution in [0.3, 0.4) is 0 Å². The molecule has 0 saturated carbocycles. The number of para-hydroxylation sites is 2. The molecule has 0 radical (unpaired) electrons.